The SMILES string of the molecule is CC(C)C1c2ccccc2C=Cn2c1nnc2S(C)=O. The van der Waals surface area contributed by atoms with Gasteiger partial charge in [-0.05, 0) is 23.1 Å². The summed E-state index contributed by atoms with van der Waals surface area (Å²) in [6.07, 6.45) is 5.60. The van der Waals surface area contributed by atoms with Gasteiger partial charge >= 0.3 is 0 Å². The van der Waals surface area contributed by atoms with E-state index in [9.17, 15) is 4.21 Å². The predicted octanol–water partition coefficient (Wildman–Crippen LogP) is 2.74. The van der Waals surface area contributed by atoms with Crippen molar-refractivity contribution in [2.75, 3.05) is 6.26 Å². The maximum absolute atomic E-state index is 11.8. The molecule has 0 amide bonds. The number of hydrogen-bond donors (Lipinski definition) is 0. The second kappa shape index (κ2) is 4.98. The van der Waals surface area contributed by atoms with Crippen LogP contribution in [0, 0.1) is 5.92 Å². The van der Waals surface area contributed by atoms with E-state index in [1.807, 2.05) is 29.0 Å². The van der Waals surface area contributed by atoms with Crippen LogP contribution >= 0.6 is 0 Å². The largest absolute Gasteiger partial charge is 0.278 e. The number of hydrogen-bond acceptors (Lipinski definition) is 3. The molecular weight excluding hydrogens is 270 g/mol. The Balaban J connectivity index is 2.27. The second-order valence-corrected chi connectivity index (χ2v) is 6.60. The number of rotatable bonds is 2. The zero-order chi connectivity index (χ0) is 14.3. The van der Waals surface area contributed by atoms with Gasteiger partial charge in [0.2, 0.25) is 5.16 Å². The highest BCUT2D eigenvalue weighted by molar-refractivity contribution is 7.84. The molecule has 0 spiro atoms. The summed E-state index contributed by atoms with van der Waals surface area (Å²) in [6, 6.07) is 8.32. The van der Waals surface area contributed by atoms with Gasteiger partial charge in [-0.1, -0.05) is 38.1 Å². The first-order chi connectivity index (χ1) is 9.59. The van der Waals surface area contributed by atoms with Crippen molar-refractivity contribution in [1.29, 1.82) is 0 Å². The van der Waals surface area contributed by atoms with Gasteiger partial charge in [0.25, 0.3) is 0 Å². The molecule has 0 fully saturated rings. The molecular formula is C15H17N3OS. The molecule has 0 radical (unpaired) electrons. The fraction of sp³-hybridized carbons (Fsp3) is 0.333. The van der Waals surface area contributed by atoms with Crippen LogP contribution in [0.2, 0.25) is 0 Å². The van der Waals surface area contributed by atoms with E-state index >= 15 is 0 Å². The molecule has 0 aliphatic carbocycles. The molecule has 2 heterocycles. The van der Waals surface area contributed by atoms with E-state index in [-0.39, 0.29) is 5.92 Å². The van der Waals surface area contributed by atoms with E-state index < -0.39 is 10.8 Å². The Hall–Kier alpha value is -1.75. The van der Waals surface area contributed by atoms with Crippen LogP contribution in [-0.2, 0) is 10.8 Å². The van der Waals surface area contributed by atoms with E-state index in [2.05, 4.69) is 36.2 Å². The van der Waals surface area contributed by atoms with Crippen molar-refractivity contribution in [3.8, 4) is 0 Å². The Kier molecular flexibility index (Phi) is 3.30. The smallest absolute Gasteiger partial charge is 0.225 e. The van der Waals surface area contributed by atoms with Gasteiger partial charge in [0.15, 0.2) is 0 Å². The Morgan fingerprint density at radius 1 is 1.25 bits per heavy atom. The lowest BCUT2D eigenvalue weighted by atomic mass is 9.85. The Morgan fingerprint density at radius 3 is 2.70 bits per heavy atom. The van der Waals surface area contributed by atoms with Gasteiger partial charge in [-0.2, -0.15) is 0 Å². The third-order valence-electron chi connectivity index (χ3n) is 3.63. The normalized spacial score (nSPS) is 18.5. The summed E-state index contributed by atoms with van der Waals surface area (Å²) < 4.78 is 13.7. The molecule has 2 aromatic rings. The molecule has 1 aromatic heterocycles. The second-order valence-electron chi connectivity index (χ2n) is 5.33. The van der Waals surface area contributed by atoms with Gasteiger partial charge < -0.3 is 0 Å². The summed E-state index contributed by atoms with van der Waals surface area (Å²) in [4.78, 5) is 0. The summed E-state index contributed by atoms with van der Waals surface area (Å²) in [5, 5.41) is 8.92. The van der Waals surface area contributed by atoms with Crippen molar-refractivity contribution in [2.24, 2.45) is 5.92 Å². The highest BCUT2D eigenvalue weighted by atomic mass is 32.2. The molecule has 4 nitrogen and oxygen atoms in total. The summed E-state index contributed by atoms with van der Waals surface area (Å²) >= 11 is 0. The van der Waals surface area contributed by atoms with Gasteiger partial charge in [-0.25, -0.2) is 0 Å². The first-order valence-corrected chi connectivity index (χ1v) is 8.20. The first-order valence-electron chi connectivity index (χ1n) is 6.65. The van der Waals surface area contributed by atoms with Crippen LogP contribution in [-0.4, -0.2) is 25.2 Å². The molecule has 0 N–H and O–H groups in total. The first kappa shape index (κ1) is 13.2. The molecule has 1 aliphatic rings. The summed E-state index contributed by atoms with van der Waals surface area (Å²) in [5.41, 5.74) is 2.43. The van der Waals surface area contributed by atoms with Crippen molar-refractivity contribution in [3.05, 3.63) is 41.2 Å². The summed E-state index contributed by atoms with van der Waals surface area (Å²) in [5.74, 6) is 1.41. The maximum atomic E-state index is 11.8. The van der Waals surface area contributed by atoms with E-state index in [1.165, 1.54) is 11.1 Å². The van der Waals surface area contributed by atoms with Crippen LogP contribution in [0.1, 0.15) is 36.7 Å². The van der Waals surface area contributed by atoms with Crippen LogP contribution < -0.4 is 0 Å². The van der Waals surface area contributed by atoms with Gasteiger partial charge in [-0.15, -0.1) is 10.2 Å². The molecule has 3 rings (SSSR count). The molecule has 0 saturated heterocycles. The van der Waals surface area contributed by atoms with E-state index in [0.717, 1.165) is 5.82 Å². The summed E-state index contributed by atoms with van der Waals surface area (Å²) in [6.45, 7) is 4.35. The molecule has 0 bridgehead atoms. The molecule has 0 saturated carbocycles. The highest BCUT2D eigenvalue weighted by Crippen LogP contribution is 2.36. The fourth-order valence-electron chi connectivity index (χ4n) is 2.73. The Bertz CT molecular complexity index is 703. The molecule has 20 heavy (non-hydrogen) atoms. The highest BCUT2D eigenvalue weighted by Gasteiger charge is 2.28. The number of fused-ring (bicyclic) bond motifs is 2. The molecule has 104 valence electrons. The molecule has 1 aliphatic heterocycles. The number of benzene rings is 1. The third kappa shape index (κ3) is 2.02. The van der Waals surface area contributed by atoms with E-state index in [4.69, 9.17) is 0 Å². The van der Waals surface area contributed by atoms with Gasteiger partial charge in [0, 0.05) is 18.4 Å². The monoisotopic (exact) mass is 287 g/mol. The lowest BCUT2D eigenvalue weighted by molar-refractivity contribution is 0.532. The van der Waals surface area contributed by atoms with Crippen molar-refractivity contribution < 1.29 is 4.21 Å². The topological polar surface area (TPSA) is 47.8 Å². The van der Waals surface area contributed by atoms with Gasteiger partial charge in [0.1, 0.15) is 5.82 Å². The molecule has 2 atom stereocenters. The van der Waals surface area contributed by atoms with Crippen molar-refractivity contribution in [2.45, 2.75) is 24.9 Å². The lowest BCUT2D eigenvalue weighted by Crippen LogP contribution is -2.14. The Morgan fingerprint density at radius 2 is 2.00 bits per heavy atom. The van der Waals surface area contributed by atoms with Crippen LogP contribution in [0.4, 0.5) is 0 Å². The molecule has 2 unspecified atom stereocenters. The van der Waals surface area contributed by atoms with Crippen LogP contribution in [0.3, 0.4) is 0 Å². The lowest BCUT2D eigenvalue weighted by Gasteiger charge is -2.20. The minimum atomic E-state index is -1.15. The van der Waals surface area contributed by atoms with E-state index in [0.29, 0.717) is 11.1 Å². The summed E-state index contributed by atoms with van der Waals surface area (Å²) in [7, 11) is -1.15. The number of aromatic nitrogens is 3. The maximum Gasteiger partial charge on any atom is 0.225 e. The van der Waals surface area contributed by atoms with Crippen molar-refractivity contribution >= 4 is 23.1 Å². The van der Waals surface area contributed by atoms with Gasteiger partial charge in [-0.3, -0.25) is 8.78 Å². The number of nitrogens with zero attached hydrogens (tertiary/aromatic N) is 3. The third-order valence-corrected chi connectivity index (χ3v) is 4.42. The average Bonchev–Trinajstić information content (AvgIpc) is 2.74. The minimum Gasteiger partial charge on any atom is -0.278 e. The predicted molar refractivity (Wildman–Crippen MR) is 80.7 cm³/mol. The van der Waals surface area contributed by atoms with Crippen LogP contribution in [0.5, 0.6) is 0 Å². The standard InChI is InChI=1S/C15H17N3OS/c1-10(2)13-12-7-5-4-6-11(12)8-9-18-14(13)16-17-15(18)20(3)19/h4-10,13H,1-3H3. The van der Waals surface area contributed by atoms with Crippen molar-refractivity contribution in [3.63, 3.8) is 0 Å². The quantitative estimate of drug-likeness (QED) is 0.853. The molecule has 5 heteroatoms. The minimum absolute atomic E-state index is 0.158. The van der Waals surface area contributed by atoms with Crippen LogP contribution in [0.25, 0.3) is 12.3 Å². The van der Waals surface area contributed by atoms with Crippen LogP contribution in [0.15, 0.2) is 29.4 Å². The average molecular weight is 287 g/mol. The Labute approximate surface area is 121 Å². The zero-order valence-corrected chi connectivity index (χ0v) is 12.6. The molecule has 1 aromatic carbocycles. The van der Waals surface area contributed by atoms with E-state index in [1.54, 1.807) is 6.26 Å². The van der Waals surface area contributed by atoms with Gasteiger partial charge in [0.05, 0.1) is 10.8 Å². The zero-order valence-electron chi connectivity index (χ0n) is 11.8. The fourth-order valence-corrected chi connectivity index (χ4v) is 3.32. The van der Waals surface area contributed by atoms with Crippen molar-refractivity contribution in [1.82, 2.24) is 14.8 Å².